The maximum Gasteiger partial charge on any atom is 0.338 e. The monoisotopic (exact) mass is 293 g/mol. The number of hydrogen-bond acceptors (Lipinski definition) is 3. The zero-order valence-electron chi connectivity index (χ0n) is 12.1. The molecule has 0 unspecified atom stereocenters. The van der Waals surface area contributed by atoms with Crippen LogP contribution < -0.4 is 5.32 Å². The summed E-state index contributed by atoms with van der Waals surface area (Å²) in [7, 11) is 0. The molecule has 114 valence electrons. The molecule has 1 aromatic rings. The van der Waals surface area contributed by atoms with Crippen LogP contribution in [-0.4, -0.2) is 24.5 Å². The number of nitrogens with one attached hydrogen (secondary N) is 1. The lowest BCUT2D eigenvalue weighted by molar-refractivity contribution is -0.125. The molecule has 1 aromatic carbocycles. The normalized spacial score (nSPS) is 21.6. The van der Waals surface area contributed by atoms with Crippen LogP contribution in [-0.2, 0) is 9.53 Å². The van der Waals surface area contributed by atoms with Crippen LogP contribution in [0.5, 0.6) is 0 Å². The fourth-order valence-electron chi connectivity index (χ4n) is 2.58. The molecule has 0 spiro atoms. The van der Waals surface area contributed by atoms with Crippen molar-refractivity contribution in [3.05, 3.63) is 35.6 Å². The van der Waals surface area contributed by atoms with Gasteiger partial charge in [0.25, 0.3) is 5.91 Å². The van der Waals surface area contributed by atoms with Crippen LogP contribution in [0.2, 0.25) is 0 Å². The average molecular weight is 293 g/mol. The summed E-state index contributed by atoms with van der Waals surface area (Å²) in [6.07, 6.45) is 4.40. The van der Waals surface area contributed by atoms with E-state index in [-0.39, 0.29) is 24.1 Å². The highest BCUT2D eigenvalue weighted by atomic mass is 19.1. The summed E-state index contributed by atoms with van der Waals surface area (Å²) < 4.78 is 17.7. The van der Waals surface area contributed by atoms with Crippen molar-refractivity contribution < 1.29 is 18.7 Å². The van der Waals surface area contributed by atoms with Gasteiger partial charge >= 0.3 is 5.97 Å². The summed E-state index contributed by atoms with van der Waals surface area (Å²) in [6.45, 7) is 1.81. The van der Waals surface area contributed by atoms with Crippen molar-refractivity contribution in [2.75, 3.05) is 6.61 Å². The molecule has 1 amide bonds. The maximum absolute atomic E-state index is 12.7. The first-order valence-corrected chi connectivity index (χ1v) is 7.28. The van der Waals surface area contributed by atoms with Crippen LogP contribution in [0.25, 0.3) is 0 Å². The van der Waals surface area contributed by atoms with Crippen molar-refractivity contribution in [3.63, 3.8) is 0 Å². The van der Waals surface area contributed by atoms with Gasteiger partial charge in [-0.1, -0.05) is 19.8 Å². The Bertz CT molecular complexity index is 501. The number of benzene rings is 1. The van der Waals surface area contributed by atoms with Gasteiger partial charge in [-0.15, -0.1) is 0 Å². The van der Waals surface area contributed by atoms with E-state index in [1.807, 2.05) is 0 Å². The van der Waals surface area contributed by atoms with E-state index in [4.69, 9.17) is 4.74 Å². The third-order valence-electron chi connectivity index (χ3n) is 3.87. The summed E-state index contributed by atoms with van der Waals surface area (Å²) in [5, 5.41) is 2.91. The van der Waals surface area contributed by atoms with Gasteiger partial charge in [-0.05, 0) is 43.0 Å². The second kappa shape index (κ2) is 7.20. The molecular formula is C16H20FNO3. The van der Waals surface area contributed by atoms with Crippen molar-refractivity contribution in [2.24, 2.45) is 5.92 Å². The molecule has 5 heteroatoms. The van der Waals surface area contributed by atoms with Crippen LogP contribution in [0.3, 0.4) is 0 Å². The molecule has 0 heterocycles. The van der Waals surface area contributed by atoms with Gasteiger partial charge in [0.2, 0.25) is 0 Å². The first-order chi connectivity index (χ1) is 10.1. The number of amides is 1. The molecule has 1 saturated carbocycles. The molecule has 2 atom stereocenters. The van der Waals surface area contributed by atoms with E-state index in [0.29, 0.717) is 5.92 Å². The number of carbonyl (C=O) groups is 2. The van der Waals surface area contributed by atoms with E-state index >= 15 is 0 Å². The number of carbonyl (C=O) groups excluding carboxylic acids is 2. The highest BCUT2D eigenvalue weighted by Crippen LogP contribution is 2.23. The molecule has 4 nitrogen and oxygen atoms in total. The summed E-state index contributed by atoms with van der Waals surface area (Å²) in [5.74, 6) is -0.878. The van der Waals surface area contributed by atoms with Gasteiger partial charge in [0.05, 0.1) is 5.56 Å². The number of rotatable bonds is 4. The fraction of sp³-hybridized carbons (Fsp3) is 0.500. The van der Waals surface area contributed by atoms with Crippen molar-refractivity contribution in [2.45, 2.75) is 38.6 Å². The quantitative estimate of drug-likeness (QED) is 0.868. The third kappa shape index (κ3) is 4.55. The minimum absolute atomic E-state index is 0.163. The number of halogens is 1. The van der Waals surface area contributed by atoms with E-state index in [0.717, 1.165) is 19.3 Å². The van der Waals surface area contributed by atoms with Crippen LogP contribution in [0, 0.1) is 11.7 Å². The van der Waals surface area contributed by atoms with Crippen molar-refractivity contribution in [1.29, 1.82) is 0 Å². The first-order valence-electron chi connectivity index (χ1n) is 7.28. The molecule has 1 aliphatic carbocycles. The predicted octanol–water partition coefficient (Wildman–Crippen LogP) is 2.68. The smallest absolute Gasteiger partial charge is 0.338 e. The van der Waals surface area contributed by atoms with Gasteiger partial charge in [-0.25, -0.2) is 9.18 Å². The lowest BCUT2D eigenvalue weighted by Gasteiger charge is -2.29. The topological polar surface area (TPSA) is 55.4 Å². The minimum Gasteiger partial charge on any atom is -0.452 e. The Kier molecular flexibility index (Phi) is 5.31. The Hall–Kier alpha value is -1.91. The molecule has 1 N–H and O–H groups in total. The maximum atomic E-state index is 12.7. The number of ether oxygens (including phenoxy) is 1. The third-order valence-corrected chi connectivity index (χ3v) is 3.87. The van der Waals surface area contributed by atoms with Gasteiger partial charge < -0.3 is 10.1 Å². The molecule has 0 aromatic heterocycles. The molecule has 0 radical (unpaired) electrons. The molecule has 2 rings (SSSR count). The van der Waals surface area contributed by atoms with Gasteiger partial charge in [-0.3, -0.25) is 4.79 Å². The lowest BCUT2D eigenvalue weighted by atomic mass is 9.86. The zero-order chi connectivity index (χ0) is 15.2. The Labute approximate surface area is 123 Å². The van der Waals surface area contributed by atoms with Crippen LogP contribution >= 0.6 is 0 Å². The average Bonchev–Trinajstić information content (AvgIpc) is 2.48. The molecular weight excluding hydrogens is 273 g/mol. The van der Waals surface area contributed by atoms with Crippen molar-refractivity contribution >= 4 is 11.9 Å². The molecule has 1 fully saturated rings. The first kappa shape index (κ1) is 15.5. The Morgan fingerprint density at radius 1 is 1.24 bits per heavy atom. The van der Waals surface area contributed by atoms with E-state index in [2.05, 4.69) is 12.2 Å². The minimum atomic E-state index is -0.623. The zero-order valence-corrected chi connectivity index (χ0v) is 12.1. The second-order valence-corrected chi connectivity index (χ2v) is 5.52. The van der Waals surface area contributed by atoms with E-state index < -0.39 is 11.8 Å². The van der Waals surface area contributed by atoms with E-state index in [9.17, 15) is 14.0 Å². The standard InChI is InChI=1S/C16H20FNO3/c1-11-4-2-3-5-14(11)18-15(19)10-21-16(20)12-6-8-13(17)9-7-12/h6-9,11,14H,2-5,10H2,1H3,(H,18,19)/t11-,14-/m1/s1. The SMILES string of the molecule is C[C@@H]1CCCC[C@H]1NC(=O)COC(=O)c1ccc(F)cc1. The van der Waals surface area contributed by atoms with Crippen LogP contribution in [0.1, 0.15) is 43.0 Å². The molecule has 0 aliphatic heterocycles. The molecule has 21 heavy (non-hydrogen) atoms. The van der Waals surface area contributed by atoms with Crippen molar-refractivity contribution in [3.8, 4) is 0 Å². The fourth-order valence-corrected chi connectivity index (χ4v) is 2.58. The summed E-state index contributed by atoms with van der Waals surface area (Å²) in [5.41, 5.74) is 0.232. The molecule has 0 saturated heterocycles. The molecule has 0 bridgehead atoms. The Balaban J connectivity index is 1.78. The van der Waals surface area contributed by atoms with Gasteiger partial charge in [-0.2, -0.15) is 0 Å². The predicted molar refractivity (Wildman–Crippen MR) is 76.2 cm³/mol. The second-order valence-electron chi connectivity index (χ2n) is 5.52. The Morgan fingerprint density at radius 3 is 2.57 bits per heavy atom. The van der Waals surface area contributed by atoms with Crippen molar-refractivity contribution in [1.82, 2.24) is 5.32 Å². The summed E-state index contributed by atoms with van der Waals surface area (Å²) in [4.78, 5) is 23.5. The summed E-state index contributed by atoms with van der Waals surface area (Å²) >= 11 is 0. The van der Waals surface area contributed by atoms with E-state index in [1.165, 1.54) is 30.7 Å². The van der Waals surface area contributed by atoms with Gasteiger partial charge in [0, 0.05) is 6.04 Å². The highest BCUT2D eigenvalue weighted by molar-refractivity contribution is 5.91. The van der Waals surface area contributed by atoms with Gasteiger partial charge in [0.15, 0.2) is 6.61 Å². The van der Waals surface area contributed by atoms with Crippen LogP contribution in [0.4, 0.5) is 4.39 Å². The summed E-state index contributed by atoms with van der Waals surface area (Å²) in [6, 6.07) is 5.19. The number of esters is 1. The lowest BCUT2D eigenvalue weighted by Crippen LogP contribution is -2.42. The molecule has 1 aliphatic rings. The van der Waals surface area contributed by atoms with Gasteiger partial charge in [0.1, 0.15) is 5.82 Å². The number of hydrogen-bond donors (Lipinski definition) is 1. The largest absolute Gasteiger partial charge is 0.452 e. The van der Waals surface area contributed by atoms with E-state index in [1.54, 1.807) is 0 Å². The Morgan fingerprint density at radius 2 is 1.90 bits per heavy atom. The highest BCUT2D eigenvalue weighted by Gasteiger charge is 2.23. The van der Waals surface area contributed by atoms with Crippen LogP contribution in [0.15, 0.2) is 24.3 Å².